The van der Waals surface area contributed by atoms with Crippen LogP contribution >= 0.6 is 23.2 Å². The number of nitrogens with one attached hydrogen (secondary N) is 2. The number of benzene rings is 2. The van der Waals surface area contributed by atoms with E-state index in [1.807, 2.05) is 18.2 Å². The number of hydrogen-bond acceptors (Lipinski definition) is 2. The molecule has 2 aromatic carbocycles. The Morgan fingerprint density at radius 3 is 2.67 bits per heavy atom. The molecule has 2 N–H and O–H groups in total. The Morgan fingerprint density at radius 2 is 1.92 bits per heavy atom. The van der Waals surface area contributed by atoms with Crippen LogP contribution in [0, 0.1) is 0 Å². The highest BCUT2D eigenvalue weighted by molar-refractivity contribution is 6.42. The minimum Gasteiger partial charge on any atom is -0.334 e. The van der Waals surface area contributed by atoms with Gasteiger partial charge in [-0.3, -0.25) is 4.90 Å². The predicted octanol–water partition coefficient (Wildman–Crippen LogP) is 4.39. The van der Waals surface area contributed by atoms with Crippen LogP contribution in [0.4, 0.5) is 10.5 Å². The molecule has 1 aliphatic heterocycles. The Kier molecular flexibility index (Phi) is 5.61. The molecular formula is C18H19Cl2N3O. The van der Waals surface area contributed by atoms with Gasteiger partial charge in [-0.05, 0) is 30.2 Å². The van der Waals surface area contributed by atoms with Crippen LogP contribution in [0.5, 0.6) is 0 Å². The van der Waals surface area contributed by atoms with Gasteiger partial charge in [0.2, 0.25) is 0 Å². The van der Waals surface area contributed by atoms with Crippen LogP contribution in [0.2, 0.25) is 10.0 Å². The number of rotatable bonds is 4. The molecule has 0 aromatic heterocycles. The van der Waals surface area contributed by atoms with Gasteiger partial charge in [0.05, 0.1) is 10.0 Å². The zero-order valence-corrected chi connectivity index (χ0v) is 14.6. The monoisotopic (exact) mass is 363 g/mol. The smallest absolute Gasteiger partial charge is 0.319 e. The fourth-order valence-corrected chi connectivity index (χ4v) is 3.16. The third-order valence-corrected chi connectivity index (χ3v) is 4.77. The third-order valence-electron chi connectivity index (χ3n) is 4.03. The van der Waals surface area contributed by atoms with Crippen molar-refractivity contribution in [1.29, 1.82) is 0 Å². The van der Waals surface area contributed by atoms with Gasteiger partial charge < -0.3 is 10.6 Å². The van der Waals surface area contributed by atoms with Gasteiger partial charge in [0.1, 0.15) is 0 Å². The van der Waals surface area contributed by atoms with E-state index in [1.165, 1.54) is 5.56 Å². The molecule has 1 saturated heterocycles. The summed E-state index contributed by atoms with van der Waals surface area (Å²) in [5.74, 6) is 0. The molecule has 0 radical (unpaired) electrons. The number of nitrogens with zero attached hydrogens (tertiary/aromatic N) is 1. The number of carbonyl (C=O) groups excluding carboxylic acids is 1. The van der Waals surface area contributed by atoms with Crippen LogP contribution in [0.1, 0.15) is 12.0 Å². The molecule has 1 atom stereocenters. The standard InChI is InChI=1S/C18H19Cl2N3O/c19-16-7-6-14(10-17(16)20)21-18(24)22-15-8-9-23(12-15)11-13-4-2-1-3-5-13/h1-7,10,15H,8-9,11-12H2,(H2,21,22,24)/t15-/m0/s1. The molecule has 3 rings (SSSR count). The lowest BCUT2D eigenvalue weighted by Gasteiger charge is -2.17. The van der Waals surface area contributed by atoms with Crippen LogP contribution < -0.4 is 10.6 Å². The van der Waals surface area contributed by atoms with Gasteiger partial charge in [-0.15, -0.1) is 0 Å². The van der Waals surface area contributed by atoms with E-state index in [0.717, 1.165) is 26.1 Å². The maximum absolute atomic E-state index is 12.1. The van der Waals surface area contributed by atoms with E-state index in [-0.39, 0.29) is 12.1 Å². The van der Waals surface area contributed by atoms with E-state index in [2.05, 4.69) is 27.7 Å². The van der Waals surface area contributed by atoms with Gasteiger partial charge in [0.15, 0.2) is 0 Å². The van der Waals surface area contributed by atoms with E-state index < -0.39 is 0 Å². The minimum absolute atomic E-state index is 0.150. The fraction of sp³-hybridized carbons (Fsp3) is 0.278. The number of carbonyl (C=O) groups is 1. The maximum atomic E-state index is 12.1. The van der Waals surface area contributed by atoms with Crippen LogP contribution in [-0.4, -0.2) is 30.1 Å². The molecule has 2 aromatic rings. The molecule has 6 heteroatoms. The predicted molar refractivity (Wildman–Crippen MR) is 98.7 cm³/mol. The van der Waals surface area contributed by atoms with Crippen LogP contribution in [-0.2, 0) is 6.54 Å². The summed E-state index contributed by atoms with van der Waals surface area (Å²) in [4.78, 5) is 14.5. The van der Waals surface area contributed by atoms with Crippen molar-refractivity contribution >= 4 is 34.9 Å². The van der Waals surface area contributed by atoms with Crippen LogP contribution in [0.3, 0.4) is 0 Å². The lowest BCUT2D eigenvalue weighted by Crippen LogP contribution is -2.39. The number of amides is 2. The third kappa shape index (κ3) is 4.63. The van der Waals surface area contributed by atoms with Gasteiger partial charge in [-0.2, -0.15) is 0 Å². The molecule has 0 saturated carbocycles. The SMILES string of the molecule is O=C(Nc1ccc(Cl)c(Cl)c1)N[C@H]1CCN(Cc2ccccc2)C1. The summed E-state index contributed by atoms with van der Waals surface area (Å²) in [5, 5.41) is 6.69. The topological polar surface area (TPSA) is 44.4 Å². The van der Waals surface area contributed by atoms with Crippen molar-refractivity contribution in [2.24, 2.45) is 0 Å². The summed E-state index contributed by atoms with van der Waals surface area (Å²) < 4.78 is 0. The summed E-state index contributed by atoms with van der Waals surface area (Å²) in [6, 6.07) is 15.3. The molecule has 126 valence electrons. The van der Waals surface area contributed by atoms with E-state index >= 15 is 0 Å². The fourth-order valence-electron chi connectivity index (χ4n) is 2.86. The molecule has 0 aliphatic carbocycles. The van der Waals surface area contributed by atoms with Crippen molar-refractivity contribution in [3.05, 3.63) is 64.1 Å². The highest BCUT2D eigenvalue weighted by Gasteiger charge is 2.23. The summed E-state index contributed by atoms with van der Waals surface area (Å²) >= 11 is 11.8. The maximum Gasteiger partial charge on any atom is 0.319 e. The van der Waals surface area contributed by atoms with E-state index in [4.69, 9.17) is 23.2 Å². The number of urea groups is 1. The normalized spacial score (nSPS) is 17.7. The molecule has 1 fully saturated rings. The van der Waals surface area contributed by atoms with Crippen molar-refractivity contribution in [3.63, 3.8) is 0 Å². The molecule has 4 nitrogen and oxygen atoms in total. The summed E-state index contributed by atoms with van der Waals surface area (Å²) in [5.41, 5.74) is 1.92. The highest BCUT2D eigenvalue weighted by atomic mass is 35.5. The second-order valence-electron chi connectivity index (χ2n) is 5.93. The molecule has 2 amide bonds. The van der Waals surface area contributed by atoms with Gasteiger partial charge in [-0.1, -0.05) is 53.5 Å². The Balaban J connectivity index is 1.48. The van der Waals surface area contributed by atoms with Gasteiger partial charge in [0.25, 0.3) is 0 Å². The number of hydrogen-bond donors (Lipinski definition) is 2. The van der Waals surface area contributed by atoms with E-state index in [1.54, 1.807) is 18.2 Å². The Bertz CT molecular complexity index is 709. The molecular weight excluding hydrogens is 345 g/mol. The lowest BCUT2D eigenvalue weighted by atomic mass is 10.2. The Labute approximate surface area is 151 Å². The lowest BCUT2D eigenvalue weighted by molar-refractivity contribution is 0.247. The summed E-state index contributed by atoms with van der Waals surface area (Å²) in [6.07, 6.45) is 0.946. The molecule has 24 heavy (non-hydrogen) atoms. The molecule has 0 bridgehead atoms. The van der Waals surface area contributed by atoms with Gasteiger partial charge in [0, 0.05) is 31.4 Å². The van der Waals surface area contributed by atoms with Crippen LogP contribution in [0.15, 0.2) is 48.5 Å². The number of anilines is 1. The quantitative estimate of drug-likeness (QED) is 0.845. The summed E-state index contributed by atoms with van der Waals surface area (Å²) in [7, 11) is 0. The van der Waals surface area contributed by atoms with Crippen LogP contribution in [0.25, 0.3) is 0 Å². The van der Waals surface area contributed by atoms with E-state index in [9.17, 15) is 4.79 Å². The Hall–Kier alpha value is -1.75. The second-order valence-corrected chi connectivity index (χ2v) is 6.75. The highest BCUT2D eigenvalue weighted by Crippen LogP contribution is 2.25. The molecule has 1 heterocycles. The molecule has 1 aliphatic rings. The van der Waals surface area contributed by atoms with Gasteiger partial charge >= 0.3 is 6.03 Å². The zero-order chi connectivity index (χ0) is 16.9. The molecule has 0 unspecified atom stereocenters. The van der Waals surface area contributed by atoms with Crippen molar-refractivity contribution in [1.82, 2.24) is 10.2 Å². The van der Waals surface area contributed by atoms with Crippen molar-refractivity contribution in [3.8, 4) is 0 Å². The summed E-state index contributed by atoms with van der Waals surface area (Å²) in [6.45, 7) is 2.74. The first-order valence-electron chi connectivity index (χ1n) is 7.89. The molecule has 0 spiro atoms. The first-order chi connectivity index (χ1) is 11.6. The average molecular weight is 364 g/mol. The average Bonchev–Trinajstić information content (AvgIpc) is 2.99. The van der Waals surface area contributed by atoms with E-state index in [0.29, 0.717) is 15.7 Å². The van der Waals surface area contributed by atoms with Crippen molar-refractivity contribution < 1.29 is 4.79 Å². The number of halogens is 2. The van der Waals surface area contributed by atoms with Crippen molar-refractivity contribution in [2.45, 2.75) is 19.0 Å². The first-order valence-corrected chi connectivity index (χ1v) is 8.64. The minimum atomic E-state index is -0.222. The van der Waals surface area contributed by atoms with Gasteiger partial charge in [-0.25, -0.2) is 4.79 Å². The largest absolute Gasteiger partial charge is 0.334 e. The first kappa shape index (κ1) is 17.1. The zero-order valence-electron chi connectivity index (χ0n) is 13.1. The Morgan fingerprint density at radius 1 is 1.12 bits per heavy atom. The van der Waals surface area contributed by atoms with Crippen molar-refractivity contribution in [2.75, 3.05) is 18.4 Å². The number of likely N-dealkylation sites (tertiary alicyclic amines) is 1. The second kappa shape index (κ2) is 7.88.